The van der Waals surface area contributed by atoms with Crippen molar-refractivity contribution in [2.24, 2.45) is 0 Å². The number of hydrogen-bond acceptors (Lipinski definition) is 4. The fraction of sp³-hybridized carbons (Fsp3) is 0.176. The molecule has 0 aliphatic rings. The van der Waals surface area contributed by atoms with Crippen molar-refractivity contribution in [1.82, 2.24) is 15.0 Å². The summed E-state index contributed by atoms with van der Waals surface area (Å²) in [4.78, 5) is 9.26. The van der Waals surface area contributed by atoms with Gasteiger partial charge in [0.25, 0.3) is 6.43 Å². The normalized spacial score (nSPS) is 12.0. The Balaban J connectivity index is 2.26. The quantitative estimate of drug-likeness (QED) is 0.671. The number of nitrogens with zero attached hydrogens (tertiary/aromatic N) is 2. The molecule has 10 heteroatoms. The van der Waals surface area contributed by atoms with Gasteiger partial charge >= 0.3 is 0 Å². The molecule has 3 rings (SSSR count). The highest BCUT2D eigenvalue weighted by molar-refractivity contribution is 7.90. The van der Waals surface area contributed by atoms with Gasteiger partial charge in [-0.25, -0.2) is 31.0 Å². The Hall–Kier alpha value is -2.75. The van der Waals surface area contributed by atoms with Crippen LogP contribution in [0.5, 0.6) is 0 Å². The smallest absolute Gasteiger partial charge is 0.295 e. The van der Waals surface area contributed by atoms with Gasteiger partial charge in [0.15, 0.2) is 15.7 Å². The van der Waals surface area contributed by atoms with Crippen molar-refractivity contribution in [3.63, 3.8) is 0 Å². The van der Waals surface area contributed by atoms with E-state index in [1.54, 1.807) is 19.1 Å². The fourth-order valence-corrected chi connectivity index (χ4v) is 3.45. The monoisotopic (exact) mass is 399 g/mol. The van der Waals surface area contributed by atoms with Crippen molar-refractivity contribution in [1.29, 1.82) is 0 Å². The summed E-state index contributed by atoms with van der Waals surface area (Å²) < 4.78 is 77.7. The van der Waals surface area contributed by atoms with Crippen molar-refractivity contribution < 1.29 is 26.0 Å². The van der Waals surface area contributed by atoms with E-state index < -0.39 is 38.6 Å². The molecular weight excluding hydrogens is 386 g/mol. The van der Waals surface area contributed by atoms with E-state index in [2.05, 4.69) is 15.0 Å². The molecule has 0 radical (unpaired) electrons. The number of nitrogens with one attached hydrogen (secondary N) is 1. The molecule has 1 N–H and O–H groups in total. The predicted molar refractivity (Wildman–Crippen MR) is 90.0 cm³/mol. The Bertz CT molecular complexity index is 1100. The van der Waals surface area contributed by atoms with E-state index in [0.29, 0.717) is 11.9 Å². The van der Waals surface area contributed by atoms with Crippen molar-refractivity contribution in [3.05, 3.63) is 53.5 Å². The zero-order valence-electron chi connectivity index (χ0n) is 14.1. The highest BCUT2D eigenvalue weighted by Crippen LogP contribution is 2.34. The molecule has 2 aromatic heterocycles. The Morgan fingerprint density at radius 3 is 2.22 bits per heavy atom. The average Bonchev–Trinajstić information content (AvgIpc) is 2.98. The van der Waals surface area contributed by atoms with Crippen molar-refractivity contribution in [3.8, 4) is 22.6 Å². The number of sulfone groups is 1. The number of imidazole rings is 1. The number of alkyl halides is 2. The molecule has 0 amide bonds. The van der Waals surface area contributed by atoms with Gasteiger partial charge in [-0.3, -0.25) is 4.98 Å². The molecule has 0 unspecified atom stereocenters. The topological polar surface area (TPSA) is 75.7 Å². The van der Waals surface area contributed by atoms with E-state index >= 15 is 0 Å². The molecule has 3 aromatic rings. The molecule has 1 aromatic carbocycles. The van der Waals surface area contributed by atoms with E-state index in [1.807, 2.05) is 0 Å². The molecule has 0 saturated carbocycles. The van der Waals surface area contributed by atoms with E-state index in [4.69, 9.17) is 0 Å². The van der Waals surface area contributed by atoms with Crippen LogP contribution in [0.25, 0.3) is 22.6 Å². The third-order valence-electron chi connectivity index (χ3n) is 3.72. The number of H-pyrrole nitrogens is 1. The van der Waals surface area contributed by atoms with Crippen LogP contribution in [0, 0.1) is 18.6 Å². The summed E-state index contributed by atoms with van der Waals surface area (Å²) >= 11 is 0. The number of aromatic amines is 1. The first-order valence-electron chi connectivity index (χ1n) is 7.59. The second-order valence-electron chi connectivity index (χ2n) is 5.85. The summed E-state index contributed by atoms with van der Waals surface area (Å²) in [7, 11) is -4.15. The first-order valence-corrected chi connectivity index (χ1v) is 9.48. The molecule has 0 aliphatic carbocycles. The van der Waals surface area contributed by atoms with Crippen LogP contribution in [0.15, 0.2) is 35.2 Å². The molecule has 5 nitrogen and oxygen atoms in total. The van der Waals surface area contributed by atoms with Gasteiger partial charge in [0.1, 0.15) is 16.5 Å². The maximum absolute atomic E-state index is 14.2. The van der Waals surface area contributed by atoms with E-state index in [1.165, 1.54) is 6.07 Å². The van der Waals surface area contributed by atoms with Crippen molar-refractivity contribution >= 4 is 9.84 Å². The molecule has 0 aliphatic heterocycles. The van der Waals surface area contributed by atoms with Gasteiger partial charge in [0.05, 0.1) is 17.1 Å². The Morgan fingerprint density at radius 1 is 1.07 bits per heavy atom. The molecule has 0 saturated heterocycles. The number of hydrogen-bond donors (Lipinski definition) is 1. The molecule has 0 bridgehead atoms. The highest BCUT2D eigenvalue weighted by Gasteiger charge is 2.25. The van der Waals surface area contributed by atoms with Gasteiger partial charge in [-0.05, 0) is 31.2 Å². The van der Waals surface area contributed by atoms with Crippen LogP contribution >= 0.6 is 0 Å². The van der Waals surface area contributed by atoms with E-state index in [9.17, 15) is 26.0 Å². The van der Waals surface area contributed by atoms with Gasteiger partial charge < -0.3 is 4.98 Å². The second kappa shape index (κ2) is 6.76. The number of aryl methyl sites for hydroxylation is 1. The first kappa shape index (κ1) is 19.0. The Labute approximate surface area is 152 Å². The summed E-state index contributed by atoms with van der Waals surface area (Å²) in [5.41, 5.74) is 0.522. The number of pyridine rings is 1. The summed E-state index contributed by atoms with van der Waals surface area (Å²) in [6.45, 7) is 1.69. The van der Waals surface area contributed by atoms with Gasteiger partial charge in [-0.2, -0.15) is 0 Å². The number of benzene rings is 1. The van der Waals surface area contributed by atoms with Crippen LogP contribution in [-0.2, 0) is 9.84 Å². The lowest BCUT2D eigenvalue weighted by molar-refractivity contribution is 0.141. The number of halogens is 4. The zero-order chi connectivity index (χ0) is 19.9. The third-order valence-corrected chi connectivity index (χ3v) is 4.85. The molecule has 0 fully saturated rings. The minimum atomic E-state index is -4.15. The lowest BCUT2D eigenvalue weighted by Gasteiger charge is -2.07. The first-order chi connectivity index (χ1) is 12.6. The summed E-state index contributed by atoms with van der Waals surface area (Å²) in [5.74, 6) is -3.37. The van der Waals surface area contributed by atoms with Gasteiger partial charge in [-0.1, -0.05) is 6.07 Å². The lowest BCUT2D eigenvalue weighted by Crippen LogP contribution is -2.05. The van der Waals surface area contributed by atoms with Crippen LogP contribution in [0.3, 0.4) is 0 Å². The van der Waals surface area contributed by atoms with Crippen LogP contribution in [0.1, 0.15) is 17.9 Å². The molecule has 27 heavy (non-hydrogen) atoms. The van der Waals surface area contributed by atoms with E-state index in [-0.39, 0.29) is 22.6 Å². The standard InChI is InChI=1S/C17H13F4N3O2S/c1-8-4-3-5-12(22-8)14-13(23-17(24-14)16(20)21)9-6-10(18)15(11(19)7-9)27(2,25)26/h3-7,16H,1-2H3,(H,23,24). The molecular formula is C17H13F4N3O2S. The molecule has 2 heterocycles. The number of aromatic nitrogens is 3. The fourth-order valence-electron chi connectivity index (χ4n) is 2.62. The summed E-state index contributed by atoms with van der Waals surface area (Å²) in [6.07, 6.45) is -2.29. The van der Waals surface area contributed by atoms with Crippen molar-refractivity contribution in [2.45, 2.75) is 18.2 Å². The van der Waals surface area contributed by atoms with Gasteiger partial charge in [-0.15, -0.1) is 0 Å². The minimum Gasteiger partial charge on any atom is -0.335 e. The number of rotatable bonds is 4. The summed E-state index contributed by atoms with van der Waals surface area (Å²) in [6, 6.07) is 6.33. The van der Waals surface area contributed by atoms with Gasteiger partial charge in [0.2, 0.25) is 0 Å². The van der Waals surface area contributed by atoms with Crippen LogP contribution in [0.4, 0.5) is 17.6 Å². The van der Waals surface area contributed by atoms with Crippen LogP contribution < -0.4 is 0 Å². The molecule has 142 valence electrons. The summed E-state index contributed by atoms with van der Waals surface area (Å²) in [5, 5.41) is 0. The third kappa shape index (κ3) is 3.70. The zero-order valence-corrected chi connectivity index (χ0v) is 14.9. The van der Waals surface area contributed by atoms with E-state index in [0.717, 1.165) is 12.1 Å². The maximum atomic E-state index is 14.2. The van der Waals surface area contributed by atoms with Crippen LogP contribution in [-0.4, -0.2) is 29.6 Å². The largest absolute Gasteiger partial charge is 0.335 e. The molecule has 0 spiro atoms. The SMILES string of the molecule is Cc1cccc(-c2[nH]c(C(F)F)nc2-c2cc(F)c(S(C)(=O)=O)c(F)c2)n1. The van der Waals surface area contributed by atoms with Crippen molar-refractivity contribution in [2.75, 3.05) is 6.26 Å². The van der Waals surface area contributed by atoms with Gasteiger partial charge in [0, 0.05) is 17.5 Å². The highest BCUT2D eigenvalue weighted by atomic mass is 32.2. The lowest BCUT2D eigenvalue weighted by atomic mass is 10.1. The maximum Gasteiger partial charge on any atom is 0.295 e. The average molecular weight is 399 g/mol. The molecule has 0 atom stereocenters. The Morgan fingerprint density at radius 2 is 1.70 bits per heavy atom. The Kier molecular flexibility index (Phi) is 4.77. The minimum absolute atomic E-state index is 0.0416. The predicted octanol–water partition coefficient (Wildman–Crippen LogP) is 4.07. The van der Waals surface area contributed by atoms with Crippen LogP contribution in [0.2, 0.25) is 0 Å². The second-order valence-corrected chi connectivity index (χ2v) is 7.80.